The lowest BCUT2D eigenvalue weighted by atomic mass is 10.0. The molecule has 64 valence electrons. The molecule has 1 saturated carbocycles. The van der Waals surface area contributed by atoms with Gasteiger partial charge in [-0.1, -0.05) is 0 Å². The Morgan fingerprint density at radius 2 is 1.91 bits per heavy atom. The van der Waals surface area contributed by atoms with Crippen molar-refractivity contribution in [2.45, 2.75) is 25.4 Å². The van der Waals surface area contributed by atoms with Crippen LogP contribution in [0, 0.1) is 5.41 Å². The number of amides is 1. The fraction of sp³-hybridized carbons (Fsp3) is 0.833. The standard InChI is InChI=1S/C6H8F3NO/c7-6(8,9)3-5(1-2-5)4(10)11/h1-3H2,(H2,10,11). The minimum absolute atomic E-state index is 0.280. The third kappa shape index (κ3) is 1.85. The Balaban J connectivity index is 2.55. The molecule has 0 aromatic carbocycles. The second-order valence-electron chi connectivity index (χ2n) is 2.94. The summed E-state index contributed by atoms with van der Waals surface area (Å²) >= 11 is 0. The monoisotopic (exact) mass is 167 g/mol. The first-order chi connectivity index (χ1) is 4.86. The number of carbonyl (C=O) groups is 1. The number of primary amides is 1. The summed E-state index contributed by atoms with van der Waals surface area (Å²) in [6, 6.07) is 0. The zero-order valence-corrected chi connectivity index (χ0v) is 5.74. The minimum Gasteiger partial charge on any atom is -0.369 e. The van der Waals surface area contributed by atoms with Gasteiger partial charge in [-0.3, -0.25) is 4.79 Å². The highest BCUT2D eigenvalue weighted by atomic mass is 19.4. The van der Waals surface area contributed by atoms with Crippen molar-refractivity contribution in [3.63, 3.8) is 0 Å². The second kappa shape index (κ2) is 2.12. The summed E-state index contributed by atoms with van der Waals surface area (Å²) in [5.74, 6) is -0.824. The molecule has 1 amide bonds. The Labute approximate surface area is 61.6 Å². The van der Waals surface area contributed by atoms with E-state index in [2.05, 4.69) is 0 Å². The van der Waals surface area contributed by atoms with E-state index in [-0.39, 0.29) is 12.8 Å². The van der Waals surface area contributed by atoms with Crippen molar-refractivity contribution in [2.75, 3.05) is 0 Å². The molecule has 0 saturated heterocycles. The molecule has 1 aliphatic carbocycles. The fourth-order valence-electron chi connectivity index (χ4n) is 1.04. The Bertz CT molecular complexity index is 183. The van der Waals surface area contributed by atoms with Crippen LogP contribution in [0.1, 0.15) is 19.3 Å². The highest BCUT2D eigenvalue weighted by Gasteiger charge is 2.54. The highest BCUT2D eigenvalue weighted by Crippen LogP contribution is 2.52. The Kier molecular flexibility index (Phi) is 1.61. The fourth-order valence-corrected chi connectivity index (χ4v) is 1.04. The van der Waals surface area contributed by atoms with Crippen LogP contribution in [-0.2, 0) is 4.79 Å². The van der Waals surface area contributed by atoms with Crippen molar-refractivity contribution in [3.05, 3.63) is 0 Å². The zero-order valence-electron chi connectivity index (χ0n) is 5.74. The molecular formula is C6H8F3NO. The van der Waals surface area contributed by atoms with Crippen LogP contribution in [0.5, 0.6) is 0 Å². The highest BCUT2D eigenvalue weighted by molar-refractivity contribution is 5.83. The van der Waals surface area contributed by atoms with Crippen LogP contribution in [0.2, 0.25) is 0 Å². The number of carbonyl (C=O) groups excluding carboxylic acids is 1. The van der Waals surface area contributed by atoms with Gasteiger partial charge in [0.05, 0.1) is 11.8 Å². The summed E-state index contributed by atoms with van der Waals surface area (Å²) in [5, 5.41) is 0. The molecule has 1 rings (SSSR count). The lowest BCUT2D eigenvalue weighted by molar-refractivity contribution is -0.156. The van der Waals surface area contributed by atoms with Crippen molar-refractivity contribution in [1.29, 1.82) is 0 Å². The zero-order chi connectivity index (χ0) is 8.70. The summed E-state index contributed by atoms with van der Waals surface area (Å²) < 4.78 is 35.2. The van der Waals surface area contributed by atoms with E-state index in [1.165, 1.54) is 0 Å². The van der Waals surface area contributed by atoms with E-state index in [9.17, 15) is 18.0 Å². The van der Waals surface area contributed by atoms with Crippen LogP contribution in [0.15, 0.2) is 0 Å². The molecule has 0 radical (unpaired) electrons. The van der Waals surface area contributed by atoms with E-state index in [1.54, 1.807) is 0 Å². The maximum absolute atomic E-state index is 11.7. The van der Waals surface area contributed by atoms with Crippen molar-refractivity contribution < 1.29 is 18.0 Å². The summed E-state index contributed by atoms with van der Waals surface area (Å²) in [5.41, 5.74) is 3.55. The Hall–Kier alpha value is -0.740. The molecule has 0 unspecified atom stereocenters. The van der Waals surface area contributed by atoms with Gasteiger partial charge >= 0.3 is 6.18 Å². The Morgan fingerprint density at radius 1 is 1.45 bits per heavy atom. The molecule has 0 bridgehead atoms. The number of hydrogen-bond donors (Lipinski definition) is 1. The summed E-state index contributed by atoms with van der Waals surface area (Å²) in [6.45, 7) is 0. The van der Waals surface area contributed by atoms with E-state index in [0.717, 1.165) is 0 Å². The maximum atomic E-state index is 11.7. The molecule has 0 aliphatic heterocycles. The predicted octanol–water partition coefficient (Wildman–Crippen LogP) is 1.20. The topological polar surface area (TPSA) is 43.1 Å². The first kappa shape index (κ1) is 8.36. The minimum atomic E-state index is -4.27. The summed E-state index contributed by atoms with van der Waals surface area (Å²) in [6.07, 6.45) is -4.77. The quantitative estimate of drug-likeness (QED) is 0.659. The molecule has 2 nitrogen and oxygen atoms in total. The number of nitrogens with two attached hydrogens (primary N) is 1. The van der Waals surface area contributed by atoms with Gasteiger partial charge in [0, 0.05) is 0 Å². The molecule has 1 fully saturated rings. The molecule has 5 heteroatoms. The SMILES string of the molecule is NC(=O)C1(CC(F)(F)F)CC1. The number of alkyl halides is 3. The van der Waals surface area contributed by atoms with Gasteiger partial charge in [-0.15, -0.1) is 0 Å². The first-order valence-corrected chi connectivity index (χ1v) is 3.22. The van der Waals surface area contributed by atoms with Gasteiger partial charge in [-0.05, 0) is 12.8 Å². The van der Waals surface area contributed by atoms with Crippen LogP contribution in [0.3, 0.4) is 0 Å². The van der Waals surface area contributed by atoms with E-state index in [1.807, 2.05) is 0 Å². The maximum Gasteiger partial charge on any atom is 0.390 e. The number of rotatable bonds is 2. The van der Waals surface area contributed by atoms with Gasteiger partial charge in [-0.25, -0.2) is 0 Å². The van der Waals surface area contributed by atoms with E-state index >= 15 is 0 Å². The first-order valence-electron chi connectivity index (χ1n) is 3.22. The molecule has 0 atom stereocenters. The van der Waals surface area contributed by atoms with Crippen molar-refractivity contribution in [1.82, 2.24) is 0 Å². The molecule has 1 aliphatic rings. The summed E-state index contributed by atoms with van der Waals surface area (Å²) in [7, 11) is 0. The van der Waals surface area contributed by atoms with Crippen molar-refractivity contribution >= 4 is 5.91 Å². The molecule has 0 aromatic heterocycles. The average molecular weight is 167 g/mol. The number of halogens is 3. The van der Waals surface area contributed by atoms with Gasteiger partial charge in [0.25, 0.3) is 0 Å². The average Bonchev–Trinajstić information content (AvgIpc) is 2.43. The van der Waals surface area contributed by atoms with Crippen molar-refractivity contribution in [3.8, 4) is 0 Å². The van der Waals surface area contributed by atoms with Crippen LogP contribution in [-0.4, -0.2) is 12.1 Å². The largest absolute Gasteiger partial charge is 0.390 e. The van der Waals surface area contributed by atoms with Gasteiger partial charge in [0.1, 0.15) is 0 Å². The molecule has 11 heavy (non-hydrogen) atoms. The van der Waals surface area contributed by atoms with E-state index in [0.29, 0.717) is 0 Å². The van der Waals surface area contributed by atoms with Crippen molar-refractivity contribution in [2.24, 2.45) is 11.1 Å². The van der Waals surface area contributed by atoms with Crippen LogP contribution < -0.4 is 5.73 Å². The third-order valence-electron chi connectivity index (χ3n) is 1.92. The molecule has 0 heterocycles. The van der Waals surface area contributed by atoms with Crippen LogP contribution >= 0.6 is 0 Å². The lowest BCUT2D eigenvalue weighted by Crippen LogP contribution is -2.29. The normalized spacial score (nSPS) is 21.4. The van der Waals surface area contributed by atoms with E-state index in [4.69, 9.17) is 5.73 Å². The smallest absolute Gasteiger partial charge is 0.369 e. The summed E-state index contributed by atoms with van der Waals surface area (Å²) in [4.78, 5) is 10.5. The molecule has 0 spiro atoms. The molecule has 2 N–H and O–H groups in total. The molecular weight excluding hydrogens is 159 g/mol. The Morgan fingerprint density at radius 3 is 2.00 bits per heavy atom. The van der Waals surface area contributed by atoms with Crippen LogP contribution in [0.4, 0.5) is 13.2 Å². The van der Waals surface area contributed by atoms with Gasteiger partial charge < -0.3 is 5.73 Å². The van der Waals surface area contributed by atoms with Gasteiger partial charge in [-0.2, -0.15) is 13.2 Å². The van der Waals surface area contributed by atoms with Gasteiger partial charge in [0.2, 0.25) is 5.91 Å². The number of hydrogen-bond acceptors (Lipinski definition) is 1. The van der Waals surface area contributed by atoms with Crippen LogP contribution in [0.25, 0.3) is 0 Å². The predicted molar refractivity (Wildman–Crippen MR) is 31.5 cm³/mol. The lowest BCUT2D eigenvalue weighted by Gasteiger charge is -2.12. The second-order valence-corrected chi connectivity index (χ2v) is 2.94. The third-order valence-corrected chi connectivity index (χ3v) is 1.92. The van der Waals surface area contributed by atoms with Gasteiger partial charge in [0.15, 0.2) is 0 Å². The van der Waals surface area contributed by atoms with E-state index < -0.39 is 23.9 Å². The molecule has 0 aromatic rings.